The van der Waals surface area contributed by atoms with Crippen molar-refractivity contribution in [3.63, 3.8) is 0 Å². The van der Waals surface area contributed by atoms with Crippen LogP contribution in [0, 0.1) is 22.7 Å². The maximum Gasteiger partial charge on any atom is 0.245 e. The van der Waals surface area contributed by atoms with Crippen molar-refractivity contribution in [1.29, 1.82) is 10.5 Å². The van der Waals surface area contributed by atoms with Crippen LogP contribution >= 0.6 is 11.6 Å². The van der Waals surface area contributed by atoms with Crippen molar-refractivity contribution in [3.05, 3.63) is 53.6 Å². The Labute approximate surface area is 145 Å². The molecule has 0 radical (unpaired) electrons. The third-order valence-corrected chi connectivity index (χ3v) is 5.09. The van der Waals surface area contributed by atoms with Crippen molar-refractivity contribution >= 4 is 21.6 Å². The predicted molar refractivity (Wildman–Crippen MR) is 88.0 cm³/mol. The molecule has 0 aliphatic heterocycles. The number of hydrogen-bond acceptors (Lipinski definition) is 5. The van der Waals surface area contributed by atoms with E-state index in [2.05, 4.69) is 0 Å². The Morgan fingerprint density at radius 1 is 1.04 bits per heavy atom. The minimum absolute atomic E-state index is 0.105. The molecule has 122 valence electrons. The summed E-state index contributed by atoms with van der Waals surface area (Å²) in [5, 5.41) is 17.6. The summed E-state index contributed by atoms with van der Waals surface area (Å²) in [6.45, 7) is -0.842. The fourth-order valence-electron chi connectivity index (χ4n) is 1.87. The standard InChI is InChI=1S/C16H12ClN3O3S/c17-15-12-14(24(21,22)20(10-8-18)11-9-19)6-7-16(15)23-13-4-2-1-3-5-13/h1-7,12H,10-11H2. The Morgan fingerprint density at radius 3 is 2.21 bits per heavy atom. The van der Waals surface area contributed by atoms with Gasteiger partial charge in [-0.25, -0.2) is 8.42 Å². The molecule has 2 aromatic rings. The van der Waals surface area contributed by atoms with Crippen LogP contribution < -0.4 is 4.74 Å². The normalized spacial score (nSPS) is 10.8. The van der Waals surface area contributed by atoms with E-state index in [4.69, 9.17) is 26.9 Å². The Kier molecular flexibility index (Phi) is 5.78. The maximum absolute atomic E-state index is 12.5. The van der Waals surface area contributed by atoms with E-state index >= 15 is 0 Å². The fourth-order valence-corrected chi connectivity index (χ4v) is 3.42. The molecule has 0 heterocycles. The van der Waals surface area contributed by atoms with E-state index in [1.165, 1.54) is 18.2 Å². The van der Waals surface area contributed by atoms with Gasteiger partial charge < -0.3 is 4.74 Å². The lowest BCUT2D eigenvalue weighted by Crippen LogP contribution is -2.31. The number of halogens is 1. The first-order chi connectivity index (χ1) is 11.5. The van der Waals surface area contributed by atoms with Gasteiger partial charge in [-0.05, 0) is 30.3 Å². The highest BCUT2D eigenvalue weighted by Crippen LogP contribution is 2.32. The third-order valence-electron chi connectivity index (χ3n) is 3.01. The predicted octanol–water partition coefficient (Wildman–Crippen LogP) is 3.17. The Morgan fingerprint density at radius 2 is 1.67 bits per heavy atom. The van der Waals surface area contributed by atoms with Gasteiger partial charge in [0, 0.05) is 0 Å². The molecule has 0 fully saturated rings. The summed E-state index contributed by atoms with van der Waals surface area (Å²) in [6, 6.07) is 16.3. The minimum Gasteiger partial charge on any atom is -0.456 e. The van der Waals surface area contributed by atoms with Gasteiger partial charge in [0.15, 0.2) is 0 Å². The lowest BCUT2D eigenvalue weighted by atomic mass is 10.3. The van der Waals surface area contributed by atoms with Crippen LogP contribution in [0.2, 0.25) is 5.02 Å². The lowest BCUT2D eigenvalue weighted by molar-refractivity contribution is 0.476. The summed E-state index contributed by atoms with van der Waals surface area (Å²) < 4.78 is 31.3. The molecule has 0 aromatic heterocycles. The molecule has 0 bridgehead atoms. The van der Waals surface area contributed by atoms with Gasteiger partial charge in [0.25, 0.3) is 0 Å². The minimum atomic E-state index is -3.99. The second-order valence-corrected chi connectivity index (χ2v) is 6.94. The Balaban J connectivity index is 2.32. The Hall–Kier alpha value is -2.58. The van der Waals surface area contributed by atoms with E-state index in [-0.39, 0.29) is 9.92 Å². The monoisotopic (exact) mass is 361 g/mol. The molecule has 0 aliphatic rings. The van der Waals surface area contributed by atoms with Crippen molar-refractivity contribution in [3.8, 4) is 23.6 Å². The van der Waals surface area contributed by atoms with E-state index < -0.39 is 23.1 Å². The van der Waals surface area contributed by atoms with E-state index in [0.717, 1.165) is 4.31 Å². The van der Waals surface area contributed by atoms with Crippen LogP contribution in [0.4, 0.5) is 0 Å². The average molecular weight is 362 g/mol. The lowest BCUT2D eigenvalue weighted by Gasteiger charge is -2.16. The van der Waals surface area contributed by atoms with Gasteiger partial charge in [0.2, 0.25) is 10.0 Å². The number of ether oxygens (including phenoxy) is 1. The molecule has 24 heavy (non-hydrogen) atoms. The first-order valence-electron chi connectivity index (χ1n) is 6.75. The maximum atomic E-state index is 12.5. The Bertz CT molecular complexity index is 886. The van der Waals surface area contributed by atoms with Crippen LogP contribution in [0.3, 0.4) is 0 Å². The van der Waals surface area contributed by atoms with Crippen LogP contribution in [0.1, 0.15) is 0 Å². The summed E-state index contributed by atoms with van der Waals surface area (Å²) in [7, 11) is -3.99. The van der Waals surface area contributed by atoms with Gasteiger partial charge in [-0.2, -0.15) is 14.8 Å². The molecule has 0 atom stereocenters. The molecule has 8 heteroatoms. The van der Waals surface area contributed by atoms with Gasteiger partial charge in [-0.3, -0.25) is 0 Å². The number of sulfonamides is 1. The molecular formula is C16H12ClN3O3S. The molecule has 0 saturated carbocycles. The third kappa shape index (κ3) is 4.03. The van der Waals surface area contributed by atoms with Crippen LogP contribution in [0.5, 0.6) is 11.5 Å². The quantitative estimate of drug-likeness (QED) is 0.736. The van der Waals surface area contributed by atoms with Gasteiger partial charge in [-0.1, -0.05) is 29.8 Å². The summed E-state index contributed by atoms with van der Waals surface area (Å²) in [5.41, 5.74) is 0. The van der Waals surface area contributed by atoms with Crippen molar-refractivity contribution in [2.45, 2.75) is 4.90 Å². The van der Waals surface area contributed by atoms with Gasteiger partial charge in [-0.15, -0.1) is 0 Å². The van der Waals surface area contributed by atoms with Gasteiger partial charge in [0.05, 0.1) is 22.1 Å². The van der Waals surface area contributed by atoms with Crippen LogP contribution in [-0.2, 0) is 10.0 Å². The van der Waals surface area contributed by atoms with E-state index in [9.17, 15) is 8.42 Å². The topological polar surface area (TPSA) is 94.2 Å². The molecule has 2 rings (SSSR count). The highest BCUT2D eigenvalue weighted by atomic mass is 35.5. The first kappa shape index (κ1) is 17.8. The van der Waals surface area contributed by atoms with Crippen molar-refractivity contribution in [2.75, 3.05) is 13.1 Å². The zero-order chi connectivity index (χ0) is 17.6. The van der Waals surface area contributed by atoms with Crippen molar-refractivity contribution in [2.24, 2.45) is 0 Å². The zero-order valence-electron chi connectivity index (χ0n) is 12.4. The summed E-state index contributed by atoms with van der Waals surface area (Å²) in [5.74, 6) is 0.861. The average Bonchev–Trinajstić information content (AvgIpc) is 2.57. The van der Waals surface area contributed by atoms with Crippen molar-refractivity contribution < 1.29 is 13.2 Å². The number of rotatable bonds is 6. The summed E-state index contributed by atoms with van der Waals surface area (Å²) >= 11 is 6.11. The molecule has 0 saturated heterocycles. The second kappa shape index (κ2) is 7.80. The van der Waals surface area contributed by atoms with E-state index in [1.807, 2.05) is 6.07 Å². The van der Waals surface area contributed by atoms with Crippen LogP contribution in [0.25, 0.3) is 0 Å². The molecule has 0 spiro atoms. The number of hydrogen-bond donors (Lipinski definition) is 0. The molecule has 0 unspecified atom stereocenters. The van der Waals surface area contributed by atoms with Crippen LogP contribution in [0.15, 0.2) is 53.4 Å². The molecule has 0 aliphatic carbocycles. The van der Waals surface area contributed by atoms with E-state index in [0.29, 0.717) is 11.5 Å². The number of nitrogens with zero attached hydrogens (tertiary/aromatic N) is 3. The highest BCUT2D eigenvalue weighted by Gasteiger charge is 2.25. The van der Waals surface area contributed by atoms with Crippen LogP contribution in [-0.4, -0.2) is 25.8 Å². The summed E-state index contributed by atoms with van der Waals surface area (Å²) in [4.78, 5) is -0.113. The van der Waals surface area contributed by atoms with E-state index in [1.54, 1.807) is 36.4 Å². The molecular weight excluding hydrogens is 350 g/mol. The fraction of sp³-hybridized carbons (Fsp3) is 0.125. The first-order valence-corrected chi connectivity index (χ1v) is 8.57. The largest absolute Gasteiger partial charge is 0.456 e. The smallest absolute Gasteiger partial charge is 0.245 e. The molecule has 0 amide bonds. The second-order valence-electron chi connectivity index (χ2n) is 4.60. The highest BCUT2D eigenvalue weighted by molar-refractivity contribution is 7.89. The van der Waals surface area contributed by atoms with Crippen molar-refractivity contribution in [1.82, 2.24) is 4.31 Å². The zero-order valence-corrected chi connectivity index (χ0v) is 14.0. The number of nitriles is 2. The SMILES string of the molecule is N#CCN(CC#N)S(=O)(=O)c1ccc(Oc2ccccc2)c(Cl)c1. The molecule has 2 aromatic carbocycles. The number of para-hydroxylation sites is 1. The van der Waals surface area contributed by atoms with Gasteiger partial charge >= 0.3 is 0 Å². The summed E-state index contributed by atoms with van der Waals surface area (Å²) in [6.07, 6.45) is 0. The van der Waals surface area contributed by atoms with Gasteiger partial charge in [0.1, 0.15) is 24.6 Å². The molecule has 6 nitrogen and oxygen atoms in total. The molecule has 0 N–H and O–H groups in total. The number of benzene rings is 2.